The molecule has 1 fully saturated rings. The Bertz CT molecular complexity index is 942. The lowest BCUT2D eigenvalue weighted by Gasteiger charge is -2.22. The van der Waals surface area contributed by atoms with Crippen LogP contribution in [0.2, 0.25) is 0 Å². The highest BCUT2D eigenvalue weighted by molar-refractivity contribution is 7.09. The predicted molar refractivity (Wildman–Crippen MR) is 108 cm³/mol. The van der Waals surface area contributed by atoms with E-state index in [-0.39, 0.29) is 5.63 Å². The standard InChI is InChI=1S/C22H25NO3S/c1-2-16-7-8-20-17(12-22(24)26-21(20)11-16)13-23(14-18-5-3-9-25-18)15-19-6-4-10-27-19/h4,6-8,10-12,18H,2-3,5,9,13-15H2,1H3/p+1/t18-/m1/s1. The lowest BCUT2D eigenvalue weighted by molar-refractivity contribution is -0.930. The third-order valence-corrected chi connectivity index (χ3v) is 6.16. The minimum absolute atomic E-state index is 0.265. The van der Waals surface area contributed by atoms with E-state index in [0.29, 0.717) is 11.7 Å². The number of thiophene rings is 1. The summed E-state index contributed by atoms with van der Waals surface area (Å²) in [7, 11) is 0. The van der Waals surface area contributed by atoms with Gasteiger partial charge in [-0.15, -0.1) is 11.3 Å². The average Bonchev–Trinajstić information content (AvgIpc) is 3.35. The Hall–Kier alpha value is -1.95. The van der Waals surface area contributed by atoms with E-state index in [9.17, 15) is 4.79 Å². The van der Waals surface area contributed by atoms with Gasteiger partial charge in [0.2, 0.25) is 0 Å². The zero-order chi connectivity index (χ0) is 18.6. The number of benzene rings is 1. The van der Waals surface area contributed by atoms with Gasteiger partial charge in [-0.3, -0.25) is 0 Å². The number of hydrogen-bond donors (Lipinski definition) is 1. The highest BCUT2D eigenvalue weighted by Gasteiger charge is 2.23. The van der Waals surface area contributed by atoms with Gasteiger partial charge >= 0.3 is 5.63 Å². The van der Waals surface area contributed by atoms with Crippen molar-refractivity contribution in [2.45, 2.75) is 45.4 Å². The van der Waals surface area contributed by atoms with Crippen LogP contribution in [0.15, 0.2) is 51.0 Å². The maximum Gasteiger partial charge on any atom is 0.336 e. The molecule has 3 heterocycles. The summed E-state index contributed by atoms with van der Waals surface area (Å²) in [5, 5.41) is 3.17. The molecule has 1 saturated heterocycles. The van der Waals surface area contributed by atoms with Crippen molar-refractivity contribution in [2.24, 2.45) is 0 Å². The summed E-state index contributed by atoms with van der Waals surface area (Å²) >= 11 is 1.79. The number of hydrogen-bond acceptors (Lipinski definition) is 4. The van der Waals surface area contributed by atoms with E-state index in [0.717, 1.165) is 56.5 Å². The first-order valence-corrected chi connectivity index (χ1v) is 10.6. The van der Waals surface area contributed by atoms with Gasteiger partial charge in [0.15, 0.2) is 0 Å². The van der Waals surface area contributed by atoms with E-state index in [1.807, 2.05) is 6.07 Å². The van der Waals surface area contributed by atoms with Gasteiger partial charge in [0.05, 0.1) is 4.88 Å². The van der Waals surface area contributed by atoms with Gasteiger partial charge in [0, 0.05) is 23.6 Å². The summed E-state index contributed by atoms with van der Waals surface area (Å²) in [5.41, 5.74) is 2.68. The Kier molecular flexibility index (Phi) is 5.72. The molecule has 142 valence electrons. The number of rotatable bonds is 7. The topological polar surface area (TPSA) is 43.9 Å². The van der Waals surface area contributed by atoms with Crippen LogP contribution in [0.5, 0.6) is 0 Å². The Morgan fingerprint density at radius 1 is 1.22 bits per heavy atom. The molecule has 5 heteroatoms. The molecule has 1 unspecified atom stereocenters. The maximum atomic E-state index is 12.1. The van der Waals surface area contributed by atoms with Crippen molar-refractivity contribution in [3.8, 4) is 0 Å². The minimum Gasteiger partial charge on any atom is -0.423 e. The van der Waals surface area contributed by atoms with Crippen LogP contribution in [-0.4, -0.2) is 19.3 Å². The van der Waals surface area contributed by atoms with Gasteiger partial charge < -0.3 is 14.1 Å². The van der Waals surface area contributed by atoms with E-state index >= 15 is 0 Å². The van der Waals surface area contributed by atoms with E-state index < -0.39 is 0 Å². The molecule has 0 bridgehead atoms. The molecule has 1 N–H and O–H groups in total. The zero-order valence-electron chi connectivity index (χ0n) is 15.7. The van der Waals surface area contributed by atoms with Gasteiger partial charge in [-0.05, 0) is 42.3 Å². The van der Waals surface area contributed by atoms with Crippen LogP contribution in [0.25, 0.3) is 11.0 Å². The molecule has 4 rings (SSSR count). The van der Waals surface area contributed by atoms with Gasteiger partial charge in [0.1, 0.15) is 31.3 Å². The number of quaternary nitrogens is 1. The summed E-state index contributed by atoms with van der Waals surface area (Å²) in [4.78, 5) is 14.9. The number of ether oxygens (including phenoxy) is 1. The lowest BCUT2D eigenvalue weighted by Crippen LogP contribution is -3.10. The van der Waals surface area contributed by atoms with Gasteiger partial charge in [-0.2, -0.15) is 0 Å². The lowest BCUT2D eigenvalue weighted by atomic mass is 10.1. The quantitative estimate of drug-likeness (QED) is 0.637. The number of aryl methyl sites for hydroxylation is 1. The summed E-state index contributed by atoms with van der Waals surface area (Å²) in [6.45, 7) is 5.69. The van der Waals surface area contributed by atoms with E-state index in [4.69, 9.17) is 9.15 Å². The summed E-state index contributed by atoms with van der Waals surface area (Å²) in [6, 6.07) is 12.2. The first-order valence-electron chi connectivity index (χ1n) is 9.74. The highest BCUT2D eigenvalue weighted by Crippen LogP contribution is 2.19. The van der Waals surface area contributed by atoms with Crippen LogP contribution in [0.3, 0.4) is 0 Å². The maximum absolute atomic E-state index is 12.1. The van der Waals surface area contributed by atoms with Crippen molar-refractivity contribution in [1.29, 1.82) is 0 Å². The van der Waals surface area contributed by atoms with Crippen LogP contribution in [-0.2, 0) is 24.2 Å². The molecule has 1 aromatic carbocycles. The summed E-state index contributed by atoms with van der Waals surface area (Å²) < 4.78 is 11.4. The highest BCUT2D eigenvalue weighted by atomic mass is 32.1. The Balaban J connectivity index is 1.63. The molecular weight excluding hydrogens is 358 g/mol. The second-order valence-electron chi connectivity index (χ2n) is 7.30. The van der Waals surface area contributed by atoms with Crippen LogP contribution >= 0.6 is 11.3 Å². The average molecular weight is 385 g/mol. The van der Waals surface area contributed by atoms with E-state index in [1.54, 1.807) is 17.4 Å². The molecule has 0 saturated carbocycles. The third kappa shape index (κ3) is 4.49. The third-order valence-electron chi connectivity index (χ3n) is 5.29. The van der Waals surface area contributed by atoms with Crippen LogP contribution < -0.4 is 10.5 Å². The van der Waals surface area contributed by atoms with Gasteiger partial charge in [0.25, 0.3) is 0 Å². The van der Waals surface area contributed by atoms with Crippen LogP contribution in [0.4, 0.5) is 0 Å². The second kappa shape index (κ2) is 8.38. The minimum atomic E-state index is -0.265. The van der Waals surface area contributed by atoms with E-state index in [1.165, 1.54) is 15.3 Å². The fourth-order valence-electron chi connectivity index (χ4n) is 3.90. The summed E-state index contributed by atoms with van der Waals surface area (Å²) in [5.74, 6) is 0. The molecular formula is C22H26NO3S+. The fourth-order valence-corrected chi connectivity index (χ4v) is 4.68. The molecule has 27 heavy (non-hydrogen) atoms. The van der Waals surface area contributed by atoms with Crippen molar-refractivity contribution in [1.82, 2.24) is 0 Å². The number of fused-ring (bicyclic) bond motifs is 1. The van der Waals surface area contributed by atoms with E-state index in [2.05, 4.69) is 36.6 Å². The largest absolute Gasteiger partial charge is 0.423 e. The monoisotopic (exact) mass is 384 g/mol. The van der Waals surface area contributed by atoms with Crippen LogP contribution in [0, 0.1) is 0 Å². The molecule has 0 amide bonds. The molecule has 1 aliphatic heterocycles. The first kappa shape index (κ1) is 18.4. The Morgan fingerprint density at radius 3 is 2.89 bits per heavy atom. The molecule has 2 atom stereocenters. The molecule has 0 spiro atoms. The van der Waals surface area contributed by atoms with Crippen molar-refractivity contribution < 1.29 is 14.1 Å². The van der Waals surface area contributed by atoms with Crippen LogP contribution in [0.1, 0.15) is 35.8 Å². The molecule has 0 aliphatic carbocycles. The Labute approximate surface area is 163 Å². The van der Waals surface area contributed by atoms with Crippen molar-refractivity contribution in [3.05, 3.63) is 68.2 Å². The van der Waals surface area contributed by atoms with Gasteiger partial charge in [-0.25, -0.2) is 4.79 Å². The SMILES string of the molecule is CCc1ccc2c(C[NH+](Cc3cccs3)C[C@H]3CCCO3)cc(=O)oc2c1. The Morgan fingerprint density at radius 2 is 2.15 bits per heavy atom. The molecule has 1 aliphatic rings. The zero-order valence-corrected chi connectivity index (χ0v) is 16.5. The second-order valence-corrected chi connectivity index (χ2v) is 8.33. The molecule has 3 aromatic rings. The molecule has 2 aromatic heterocycles. The van der Waals surface area contributed by atoms with Crippen molar-refractivity contribution >= 4 is 22.3 Å². The van der Waals surface area contributed by atoms with Gasteiger partial charge in [-0.1, -0.05) is 25.1 Å². The predicted octanol–water partition coefficient (Wildman–Crippen LogP) is 3.18. The first-order chi connectivity index (χ1) is 13.2. The van der Waals surface area contributed by atoms with Crippen molar-refractivity contribution in [2.75, 3.05) is 13.2 Å². The van der Waals surface area contributed by atoms with Crippen molar-refractivity contribution in [3.63, 3.8) is 0 Å². The molecule has 4 nitrogen and oxygen atoms in total. The summed E-state index contributed by atoms with van der Waals surface area (Å²) in [6.07, 6.45) is 3.52. The molecule has 0 radical (unpaired) electrons. The number of nitrogens with one attached hydrogen (secondary N) is 1. The fraction of sp³-hybridized carbons (Fsp3) is 0.409. The smallest absolute Gasteiger partial charge is 0.336 e. The normalized spacial score (nSPS) is 18.2.